The number of rotatable bonds is 6. The lowest BCUT2D eigenvalue weighted by Gasteiger charge is -2.33. The summed E-state index contributed by atoms with van der Waals surface area (Å²) in [6.07, 6.45) is -0.612. The first-order valence-electron chi connectivity index (χ1n) is 5.26. The van der Waals surface area contributed by atoms with Gasteiger partial charge in [-0.25, -0.2) is 0 Å². The summed E-state index contributed by atoms with van der Waals surface area (Å²) in [7, 11) is 0. The van der Waals surface area contributed by atoms with Crippen LogP contribution >= 0.6 is 23.2 Å². The summed E-state index contributed by atoms with van der Waals surface area (Å²) in [5, 5.41) is 3.48. The molecule has 0 radical (unpaired) electrons. The minimum absolute atomic E-state index is 0.502. The van der Waals surface area contributed by atoms with E-state index in [1.54, 1.807) is 30.3 Å². The zero-order valence-corrected chi connectivity index (χ0v) is 11.3. The first-order chi connectivity index (χ1) is 9.08. The van der Waals surface area contributed by atoms with Crippen LogP contribution in [0.2, 0.25) is 0 Å². The molecule has 20 heavy (non-hydrogen) atoms. The summed E-state index contributed by atoms with van der Waals surface area (Å²) in [6, 6.07) is 8.30. The van der Waals surface area contributed by atoms with E-state index in [-0.39, 0.29) is 0 Å². The Morgan fingerprint density at radius 2 is 1.60 bits per heavy atom. The monoisotopic (exact) mass is 332 g/mol. The number of nitrogens with one attached hydrogen (secondary N) is 1. The van der Waals surface area contributed by atoms with Gasteiger partial charge in [-0.05, 0) is 35.3 Å². The van der Waals surface area contributed by atoms with Crippen LogP contribution in [0.5, 0.6) is 0 Å². The van der Waals surface area contributed by atoms with Crippen LogP contribution in [-0.4, -0.2) is 27.7 Å². The van der Waals surface area contributed by atoms with Gasteiger partial charge in [0.15, 0.2) is 0 Å². The van der Waals surface area contributed by atoms with E-state index in [1.165, 1.54) is 0 Å². The third-order valence-electron chi connectivity index (χ3n) is 2.38. The van der Waals surface area contributed by atoms with Gasteiger partial charge in [-0.3, -0.25) is 5.43 Å². The second-order valence-electron chi connectivity index (χ2n) is 3.85. The van der Waals surface area contributed by atoms with Crippen molar-refractivity contribution >= 4 is 35.1 Å². The van der Waals surface area contributed by atoms with Crippen molar-refractivity contribution in [3.63, 3.8) is 0 Å². The van der Waals surface area contributed by atoms with Crippen LogP contribution in [0.25, 0.3) is 0 Å². The number of hydrogen-bond acceptors (Lipinski definition) is 3. The van der Waals surface area contributed by atoms with E-state index < -0.39 is 22.8 Å². The fourth-order valence-corrected chi connectivity index (χ4v) is 1.64. The number of alkyl halides is 6. The molecule has 0 unspecified atom stereocenters. The Hall–Kier alpha value is -1.05. The SMILES string of the molecule is OC(C/C=N\Nc1ccccc1)(C(F)(F)Cl)C(F)(F)Cl. The normalized spacial score (nSPS) is 13.8. The lowest BCUT2D eigenvalue weighted by molar-refractivity contribution is -0.212. The van der Waals surface area contributed by atoms with Crippen molar-refractivity contribution in [2.45, 2.75) is 22.8 Å². The van der Waals surface area contributed by atoms with Crippen LogP contribution < -0.4 is 5.43 Å². The third-order valence-corrected chi connectivity index (χ3v) is 3.01. The van der Waals surface area contributed by atoms with Crippen LogP contribution in [0.15, 0.2) is 35.4 Å². The Morgan fingerprint density at radius 3 is 2.05 bits per heavy atom. The van der Waals surface area contributed by atoms with Crippen molar-refractivity contribution in [3.05, 3.63) is 30.3 Å². The first kappa shape index (κ1) is 17.0. The number of benzene rings is 1. The van der Waals surface area contributed by atoms with Crippen LogP contribution in [-0.2, 0) is 0 Å². The van der Waals surface area contributed by atoms with E-state index in [1.807, 2.05) is 0 Å². The minimum Gasteiger partial charge on any atom is -0.376 e. The number of hydrazone groups is 1. The summed E-state index contributed by atoms with van der Waals surface area (Å²) < 4.78 is 51.5. The average molecular weight is 333 g/mol. The van der Waals surface area contributed by atoms with Crippen LogP contribution in [0.4, 0.5) is 23.2 Å². The lowest BCUT2D eigenvalue weighted by atomic mass is 10.0. The molecule has 112 valence electrons. The van der Waals surface area contributed by atoms with Crippen LogP contribution in [0.3, 0.4) is 0 Å². The zero-order valence-electron chi connectivity index (χ0n) is 9.83. The van der Waals surface area contributed by atoms with Gasteiger partial charge >= 0.3 is 10.8 Å². The van der Waals surface area contributed by atoms with E-state index in [4.69, 9.17) is 0 Å². The Labute approximate surface area is 122 Å². The molecule has 0 aromatic heterocycles. The molecule has 2 N–H and O–H groups in total. The molecule has 0 saturated carbocycles. The number of para-hydroxylation sites is 1. The van der Waals surface area contributed by atoms with Crippen molar-refractivity contribution in [2.24, 2.45) is 5.10 Å². The van der Waals surface area contributed by atoms with Gasteiger partial charge < -0.3 is 5.11 Å². The molecular formula is C11H10Cl2F4N2O. The van der Waals surface area contributed by atoms with E-state index in [0.717, 1.165) is 0 Å². The summed E-state index contributed by atoms with van der Waals surface area (Å²) in [5.74, 6) is 0. The molecule has 0 aliphatic heterocycles. The first-order valence-corrected chi connectivity index (χ1v) is 6.02. The van der Waals surface area contributed by atoms with Crippen molar-refractivity contribution in [2.75, 3.05) is 5.43 Å². The second-order valence-corrected chi connectivity index (χ2v) is 4.80. The lowest BCUT2D eigenvalue weighted by Crippen LogP contribution is -2.56. The van der Waals surface area contributed by atoms with Gasteiger partial charge in [-0.15, -0.1) is 0 Å². The van der Waals surface area contributed by atoms with Crippen molar-refractivity contribution in [1.82, 2.24) is 0 Å². The van der Waals surface area contributed by atoms with Crippen LogP contribution in [0.1, 0.15) is 6.42 Å². The van der Waals surface area contributed by atoms with Gasteiger partial charge in [0.25, 0.3) is 0 Å². The molecule has 0 atom stereocenters. The number of hydrogen-bond donors (Lipinski definition) is 2. The Bertz CT molecular complexity index is 446. The standard InChI is InChI=1S/C11H10Cl2F4N2O/c12-10(14,15)9(20,11(13,16)17)6-7-18-19-8-4-2-1-3-5-8/h1-5,7,19-20H,6H2/b18-7-. The van der Waals surface area contributed by atoms with Gasteiger partial charge in [-0.1, -0.05) is 18.2 Å². The van der Waals surface area contributed by atoms with E-state index in [2.05, 4.69) is 33.7 Å². The molecule has 3 nitrogen and oxygen atoms in total. The maximum atomic E-state index is 12.9. The molecule has 0 spiro atoms. The van der Waals surface area contributed by atoms with Gasteiger partial charge in [-0.2, -0.15) is 22.7 Å². The fourth-order valence-electron chi connectivity index (χ4n) is 1.20. The summed E-state index contributed by atoms with van der Waals surface area (Å²) in [5.41, 5.74) is -1.05. The topological polar surface area (TPSA) is 44.6 Å². The Morgan fingerprint density at radius 1 is 1.10 bits per heavy atom. The molecular weight excluding hydrogens is 323 g/mol. The van der Waals surface area contributed by atoms with Gasteiger partial charge in [0, 0.05) is 12.6 Å². The zero-order chi connectivity index (χ0) is 15.4. The molecule has 0 bridgehead atoms. The van der Waals surface area contributed by atoms with Crippen molar-refractivity contribution in [3.8, 4) is 0 Å². The molecule has 1 aromatic carbocycles. The van der Waals surface area contributed by atoms with Crippen LogP contribution in [0, 0.1) is 0 Å². The molecule has 0 amide bonds. The predicted octanol–water partition coefficient (Wildman–Crippen LogP) is 3.87. The molecule has 0 heterocycles. The molecule has 0 fully saturated rings. The van der Waals surface area contributed by atoms with Crippen molar-refractivity contribution in [1.29, 1.82) is 0 Å². The van der Waals surface area contributed by atoms with Gasteiger partial charge in [0.1, 0.15) is 0 Å². The Kier molecular flexibility index (Phi) is 5.23. The molecule has 9 heteroatoms. The smallest absolute Gasteiger partial charge is 0.357 e. The van der Waals surface area contributed by atoms with Gasteiger partial charge in [0.2, 0.25) is 5.60 Å². The predicted molar refractivity (Wildman–Crippen MR) is 69.7 cm³/mol. The maximum Gasteiger partial charge on any atom is 0.357 e. The summed E-state index contributed by atoms with van der Waals surface area (Å²) in [6.45, 7) is 0. The third kappa shape index (κ3) is 3.97. The quantitative estimate of drug-likeness (QED) is 0.359. The maximum absolute atomic E-state index is 12.9. The molecule has 0 aliphatic rings. The largest absolute Gasteiger partial charge is 0.376 e. The van der Waals surface area contributed by atoms with E-state index in [0.29, 0.717) is 11.9 Å². The molecule has 1 rings (SSSR count). The van der Waals surface area contributed by atoms with Crippen molar-refractivity contribution < 1.29 is 22.7 Å². The minimum atomic E-state index is -4.63. The molecule has 0 aliphatic carbocycles. The highest BCUT2D eigenvalue weighted by molar-refractivity contribution is 6.26. The average Bonchev–Trinajstić information content (AvgIpc) is 2.33. The highest BCUT2D eigenvalue weighted by Crippen LogP contribution is 2.47. The number of aliphatic hydroxyl groups is 1. The highest BCUT2D eigenvalue weighted by Gasteiger charge is 2.66. The number of halogens is 6. The van der Waals surface area contributed by atoms with Gasteiger partial charge in [0.05, 0.1) is 5.69 Å². The number of anilines is 1. The Balaban J connectivity index is 2.74. The molecule has 0 saturated heterocycles. The summed E-state index contributed by atoms with van der Waals surface area (Å²) >= 11 is 8.98. The summed E-state index contributed by atoms with van der Waals surface area (Å²) in [4.78, 5) is 0. The second kappa shape index (κ2) is 6.15. The molecule has 1 aromatic rings. The van der Waals surface area contributed by atoms with E-state index in [9.17, 15) is 22.7 Å². The highest BCUT2D eigenvalue weighted by atomic mass is 35.5. The fraction of sp³-hybridized carbons (Fsp3) is 0.364. The van der Waals surface area contributed by atoms with E-state index >= 15 is 0 Å². The number of nitrogens with zero attached hydrogens (tertiary/aromatic N) is 1.